The number of para-hydroxylation sites is 4. The molecule has 0 aliphatic heterocycles. The van der Waals surface area contributed by atoms with E-state index in [1.54, 1.807) is 0 Å². The van der Waals surface area contributed by atoms with E-state index < -0.39 is 0 Å². The summed E-state index contributed by atoms with van der Waals surface area (Å²) in [7, 11) is 0. The van der Waals surface area contributed by atoms with E-state index in [1.807, 2.05) is 0 Å². The quantitative estimate of drug-likeness (QED) is 0.122. The number of hydrogen-bond donors (Lipinski definition) is 0. The van der Waals surface area contributed by atoms with Crippen molar-refractivity contribution in [3.63, 3.8) is 0 Å². The van der Waals surface area contributed by atoms with E-state index in [2.05, 4.69) is 325 Å². The summed E-state index contributed by atoms with van der Waals surface area (Å²) >= 11 is 0. The van der Waals surface area contributed by atoms with Gasteiger partial charge in [0, 0.05) is 50.1 Å². The molecule has 0 saturated heterocycles. The Bertz CT molecular complexity index is 4490. The highest BCUT2D eigenvalue weighted by molar-refractivity contribution is 6.13. The molecule has 372 valence electrons. The van der Waals surface area contributed by atoms with Gasteiger partial charge in [0.05, 0.1) is 17.1 Å². The first-order chi connectivity index (χ1) is 39.2. The van der Waals surface area contributed by atoms with Crippen LogP contribution in [0.2, 0.25) is 0 Å². The maximum atomic E-state index is 6.73. The number of nitrogens with zero attached hydrogens (tertiary/aromatic N) is 2. The van der Waals surface area contributed by atoms with Crippen LogP contribution in [-0.4, -0.2) is 0 Å². The molecule has 1 aromatic heterocycles. The second kappa shape index (κ2) is 20.6. The van der Waals surface area contributed by atoms with E-state index in [0.29, 0.717) is 0 Å². The Kier molecular flexibility index (Phi) is 12.2. The third-order valence-electron chi connectivity index (χ3n) is 15.2. The molecule has 0 bridgehead atoms. The van der Waals surface area contributed by atoms with Crippen molar-refractivity contribution in [1.29, 1.82) is 0 Å². The van der Waals surface area contributed by atoms with Crippen LogP contribution in [0.25, 0.3) is 99.5 Å². The van der Waals surface area contributed by atoms with E-state index >= 15 is 0 Å². The van der Waals surface area contributed by atoms with E-state index in [4.69, 9.17) is 4.42 Å². The molecule has 13 aromatic carbocycles. The first-order valence-electron chi connectivity index (χ1n) is 27.0. The lowest BCUT2D eigenvalue weighted by atomic mass is 9.94. The van der Waals surface area contributed by atoms with Gasteiger partial charge >= 0.3 is 0 Å². The summed E-state index contributed by atoms with van der Waals surface area (Å²) in [5, 5.41) is 4.61. The van der Waals surface area contributed by atoms with Crippen molar-refractivity contribution in [2.24, 2.45) is 0 Å². The Hall–Kier alpha value is -10.5. The standard InChI is InChI=1S/C76H52N2O/c1-4-23-53(24-5-1)64-35-12-13-36-65(64)59-31-20-34-63(49-59)78(73-43-18-15-38-67(73)55-27-8-3-9-28-55)74-44-19-16-39-68(74)60-32-21-33-62(50-60)77(72-42-17-14-37-66(72)54-25-6-2-7-26-54)61-47-45-56(46-48-61)69-40-22-41-70-71-51-57-29-10-11-30-58(57)52-75(71)79-76(69)70/h1-52H. The molecule has 0 N–H and O–H groups in total. The van der Waals surface area contributed by atoms with Crippen LogP contribution in [0.15, 0.2) is 320 Å². The summed E-state index contributed by atoms with van der Waals surface area (Å²) in [6.45, 7) is 0. The van der Waals surface area contributed by atoms with Gasteiger partial charge in [-0.2, -0.15) is 0 Å². The monoisotopic (exact) mass is 1010 g/mol. The van der Waals surface area contributed by atoms with Gasteiger partial charge in [0.15, 0.2) is 0 Å². The summed E-state index contributed by atoms with van der Waals surface area (Å²) in [5.74, 6) is 0. The molecule has 0 unspecified atom stereocenters. The molecule has 14 rings (SSSR count). The first kappa shape index (κ1) is 47.0. The molecule has 1 heterocycles. The molecule has 0 fully saturated rings. The van der Waals surface area contributed by atoms with Crippen LogP contribution in [0.3, 0.4) is 0 Å². The van der Waals surface area contributed by atoms with Crippen LogP contribution in [0.1, 0.15) is 0 Å². The summed E-state index contributed by atoms with van der Waals surface area (Å²) in [5.41, 5.74) is 21.7. The summed E-state index contributed by atoms with van der Waals surface area (Å²) < 4.78 is 6.73. The maximum absolute atomic E-state index is 6.73. The van der Waals surface area contributed by atoms with Crippen LogP contribution in [-0.2, 0) is 0 Å². The van der Waals surface area contributed by atoms with E-state index in [1.165, 1.54) is 27.5 Å². The minimum absolute atomic E-state index is 0.891. The fourth-order valence-electron chi connectivity index (χ4n) is 11.5. The Morgan fingerprint density at radius 2 is 0.595 bits per heavy atom. The van der Waals surface area contributed by atoms with Crippen LogP contribution >= 0.6 is 0 Å². The lowest BCUT2D eigenvalue weighted by molar-refractivity contribution is 0.670. The number of hydrogen-bond acceptors (Lipinski definition) is 3. The Morgan fingerprint density at radius 3 is 1.16 bits per heavy atom. The fraction of sp³-hybridized carbons (Fsp3) is 0. The Balaban J connectivity index is 0.918. The van der Waals surface area contributed by atoms with Gasteiger partial charge in [0.1, 0.15) is 11.2 Å². The SMILES string of the molecule is c1ccc(-c2ccccc2-c2cccc(N(c3ccccc3-c3ccccc3)c3ccccc3-c3cccc(N(c4ccc(-c5cccc6c5oc5cc7ccccc7cc56)cc4)c4ccccc4-c4ccccc4)c3)c2)cc1. The number of fused-ring (bicyclic) bond motifs is 4. The summed E-state index contributed by atoms with van der Waals surface area (Å²) in [4.78, 5) is 4.85. The molecule has 0 spiro atoms. The predicted octanol–water partition coefficient (Wildman–Crippen LogP) is 21.7. The number of rotatable bonds is 12. The Labute approximate surface area is 460 Å². The molecule has 79 heavy (non-hydrogen) atoms. The van der Waals surface area contributed by atoms with Gasteiger partial charge in [-0.05, 0) is 122 Å². The van der Waals surface area contributed by atoms with Gasteiger partial charge in [0.25, 0.3) is 0 Å². The lowest BCUT2D eigenvalue weighted by Crippen LogP contribution is -2.13. The molecule has 14 aromatic rings. The van der Waals surface area contributed by atoms with Crippen molar-refractivity contribution in [2.45, 2.75) is 0 Å². The van der Waals surface area contributed by atoms with Crippen molar-refractivity contribution >= 4 is 66.8 Å². The van der Waals surface area contributed by atoms with Gasteiger partial charge in [-0.3, -0.25) is 0 Å². The molecule has 0 atom stereocenters. The molecule has 0 aliphatic rings. The molecule has 0 aliphatic carbocycles. The van der Waals surface area contributed by atoms with Crippen molar-refractivity contribution < 1.29 is 4.42 Å². The van der Waals surface area contributed by atoms with Crippen molar-refractivity contribution in [2.75, 3.05) is 9.80 Å². The highest BCUT2D eigenvalue weighted by atomic mass is 16.3. The highest BCUT2D eigenvalue weighted by Crippen LogP contribution is 2.48. The van der Waals surface area contributed by atoms with Crippen LogP contribution in [0.5, 0.6) is 0 Å². The topological polar surface area (TPSA) is 19.6 Å². The number of benzene rings is 13. The van der Waals surface area contributed by atoms with Gasteiger partial charge < -0.3 is 14.2 Å². The second-order valence-electron chi connectivity index (χ2n) is 20.0. The minimum atomic E-state index is 0.891. The summed E-state index contributed by atoms with van der Waals surface area (Å²) in [6, 6.07) is 114. The average molecular weight is 1010 g/mol. The van der Waals surface area contributed by atoms with Crippen LogP contribution in [0, 0.1) is 0 Å². The predicted molar refractivity (Wildman–Crippen MR) is 333 cm³/mol. The van der Waals surface area contributed by atoms with E-state index in [0.717, 1.165) is 106 Å². The lowest BCUT2D eigenvalue weighted by Gasteiger charge is -2.31. The fourth-order valence-corrected chi connectivity index (χ4v) is 11.5. The zero-order chi connectivity index (χ0) is 52.5. The molecular formula is C76H52N2O. The first-order valence-corrected chi connectivity index (χ1v) is 27.0. The van der Waals surface area contributed by atoms with Crippen molar-refractivity contribution in [3.05, 3.63) is 315 Å². The van der Waals surface area contributed by atoms with Crippen molar-refractivity contribution in [3.8, 4) is 66.8 Å². The van der Waals surface area contributed by atoms with Crippen molar-refractivity contribution in [1.82, 2.24) is 0 Å². The molecule has 0 radical (unpaired) electrons. The van der Waals surface area contributed by atoms with Crippen LogP contribution < -0.4 is 9.80 Å². The van der Waals surface area contributed by atoms with E-state index in [9.17, 15) is 0 Å². The minimum Gasteiger partial charge on any atom is -0.455 e. The van der Waals surface area contributed by atoms with Crippen LogP contribution in [0.4, 0.5) is 34.1 Å². The molecule has 0 amide bonds. The molecule has 3 nitrogen and oxygen atoms in total. The molecule has 3 heteroatoms. The van der Waals surface area contributed by atoms with Gasteiger partial charge in [-0.15, -0.1) is 0 Å². The van der Waals surface area contributed by atoms with Gasteiger partial charge in [-0.25, -0.2) is 0 Å². The largest absolute Gasteiger partial charge is 0.455 e. The van der Waals surface area contributed by atoms with Gasteiger partial charge in [-0.1, -0.05) is 249 Å². The smallest absolute Gasteiger partial charge is 0.143 e. The summed E-state index contributed by atoms with van der Waals surface area (Å²) in [6.07, 6.45) is 0. The molecule has 0 saturated carbocycles. The third-order valence-corrected chi connectivity index (χ3v) is 15.2. The number of furan rings is 1. The van der Waals surface area contributed by atoms with Gasteiger partial charge in [0.2, 0.25) is 0 Å². The zero-order valence-electron chi connectivity index (χ0n) is 43.3. The normalized spacial score (nSPS) is 11.3. The second-order valence-corrected chi connectivity index (χ2v) is 20.0. The zero-order valence-corrected chi connectivity index (χ0v) is 43.3. The number of anilines is 6. The average Bonchev–Trinajstić information content (AvgIpc) is 4.07. The maximum Gasteiger partial charge on any atom is 0.143 e. The highest BCUT2D eigenvalue weighted by Gasteiger charge is 2.24. The van der Waals surface area contributed by atoms with E-state index in [-0.39, 0.29) is 0 Å². The molecular weight excluding hydrogens is 957 g/mol. The third kappa shape index (κ3) is 8.89. The Morgan fingerprint density at radius 1 is 0.215 bits per heavy atom.